The van der Waals surface area contributed by atoms with Crippen molar-refractivity contribution < 1.29 is 13.2 Å². The van der Waals surface area contributed by atoms with E-state index in [4.69, 9.17) is 4.74 Å². The van der Waals surface area contributed by atoms with Gasteiger partial charge in [-0.2, -0.15) is 4.31 Å². The highest BCUT2D eigenvalue weighted by Gasteiger charge is 2.44. The highest BCUT2D eigenvalue weighted by Crippen LogP contribution is 2.43. The smallest absolute Gasteiger partial charge is 0.243 e. The third kappa shape index (κ3) is 4.16. The summed E-state index contributed by atoms with van der Waals surface area (Å²) in [6.45, 7) is 9.63. The van der Waals surface area contributed by atoms with Gasteiger partial charge in [0.2, 0.25) is 10.0 Å². The van der Waals surface area contributed by atoms with E-state index in [1.54, 1.807) is 10.4 Å². The number of likely N-dealkylation sites (tertiary alicyclic amines) is 1. The second kappa shape index (κ2) is 8.05. The SMILES string of the molecule is Cc1ccccc1S(=O)(=O)N1CCC2(CC1)CO[C@H](CN1CCC[C@@H](C)C1)C2. The van der Waals surface area contributed by atoms with Gasteiger partial charge in [0.1, 0.15) is 0 Å². The molecule has 3 aliphatic rings. The molecule has 1 spiro atoms. The number of hydrogen-bond acceptors (Lipinski definition) is 4. The van der Waals surface area contributed by atoms with Gasteiger partial charge in [0, 0.05) is 26.2 Å². The number of hydrogen-bond donors (Lipinski definition) is 0. The molecule has 3 fully saturated rings. The second-order valence-electron chi connectivity index (χ2n) is 9.31. The van der Waals surface area contributed by atoms with Gasteiger partial charge >= 0.3 is 0 Å². The zero-order valence-electron chi connectivity index (χ0n) is 17.3. The van der Waals surface area contributed by atoms with Crippen molar-refractivity contribution in [1.82, 2.24) is 9.21 Å². The van der Waals surface area contributed by atoms with Crippen molar-refractivity contribution in [2.75, 3.05) is 39.3 Å². The van der Waals surface area contributed by atoms with Crippen molar-refractivity contribution in [1.29, 1.82) is 0 Å². The molecule has 3 aliphatic heterocycles. The summed E-state index contributed by atoms with van der Waals surface area (Å²) >= 11 is 0. The van der Waals surface area contributed by atoms with Crippen LogP contribution in [0, 0.1) is 18.3 Å². The zero-order chi connectivity index (χ0) is 19.8. The van der Waals surface area contributed by atoms with E-state index >= 15 is 0 Å². The molecular formula is C22H34N2O3S. The second-order valence-corrected chi connectivity index (χ2v) is 11.2. The topological polar surface area (TPSA) is 49.9 Å². The van der Waals surface area contributed by atoms with E-state index in [9.17, 15) is 8.42 Å². The van der Waals surface area contributed by atoms with Gasteiger partial charge in [-0.25, -0.2) is 8.42 Å². The van der Waals surface area contributed by atoms with Crippen molar-refractivity contribution in [3.63, 3.8) is 0 Å². The van der Waals surface area contributed by atoms with Crippen LogP contribution in [0.2, 0.25) is 0 Å². The molecule has 28 heavy (non-hydrogen) atoms. The van der Waals surface area contributed by atoms with Crippen LogP contribution in [0.5, 0.6) is 0 Å². The maximum atomic E-state index is 13.1. The van der Waals surface area contributed by atoms with Crippen LogP contribution in [0.1, 0.15) is 44.6 Å². The monoisotopic (exact) mass is 406 g/mol. The first kappa shape index (κ1) is 20.3. The molecule has 3 saturated heterocycles. The number of piperidine rings is 2. The van der Waals surface area contributed by atoms with Crippen molar-refractivity contribution in [3.05, 3.63) is 29.8 Å². The van der Waals surface area contributed by atoms with Gasteiger partial charge in [0.25, 0.3) is 0 Å². The molecule has 2 atom stereocenters. The highest BCUT2D eigenvalue weighted by atomic mass is 32.2. The van der Waals surface area contributed by atoms with Crippen molar-refractivity contribution in [3.8, 4) is 0 Å². The van der Waals surface area contributed by atoms with Crippen LogP contribution in [0.3, 0.4) is 0 Å². The van der Waals surface area contributed by atoms with E-state index in [0.29, 0.717) is 24.1 Å². The van der Waals surface area contributed by atoms with E-state index in [0.717, 1.165) is 43.9 Å². The lowest BCUT2D eigenvalue weighted by Crippen LogP contribution is -2.44. The molecule has 5 nitrogen and oxygen atoms in total. The number of ether oxygens (including phenoxy) is 1. The number of benzene rings is 1. The normalized spacial score (nSPS) is 29.4. The first-order valence-electron chi connectivity index (χ1n) is 10.8. The van der Waals surface area contributed by atoms with Gasteiger partial charge in [0.05, 0.1) is 17.6 Å². The predicted octanol–water partition coefficient (Wildman–Crippen LogP) is 3.29. The fraction of sp³-hybridized carbons (Fsp3) is 0.727. The Morgan fingerprint density at radius 1 is 1.18 bits per heavy atom. The van der Waals surface area contributed by atoms with Crippen molar-refractivity contribution >= 4 is 10.0 Å². The zero-order valence-corrected chi connectivity index (χ0v) is 18.1. The Bertz CT molecular complexity index is 787. The van der Waals surface area contributed by atoms with Crippen LogP contribution in [0.4, 0.5) is 0 Å². The molecule has 0 aromatic heterocycles. The molecule has 6 heteroatoms. The maximum absolute atomic E-state index is 13.1. The summed E-state index contributed by atoms with van der Waals surface area (Å²) in [5, 5.41) is 0. The van der Waals surface area contributed by atoms with Gasteiger partial charge in [0.15, 0.2) is 0 Å². The van der Waals surface area contributed by atoms with Gasteiger partial charge < -0.3 is 9.64 Å². The number of sulfonamides is 1. The number of rotatable bonds is 4. The minimum Gasteiger partial charge on any atom is -0.376 e. The van der Waals surface area contributed by atoms with E-state index in [1.807, 2.05) is 25.1 Å². The molecule has 1 aromatic rings. The third-order valence-corrected chi connectivity index (χ3v) is 9.04. The Morgan fingerprint density at radius 2 is 1.93 bits per heavy atom. The highest BCUT2D eigenvalue weighted by molar-refractivity contribution is 7.89. The fourth-order valence-corrected chi connectivity index (χ4v) is 6.95. The number of nitrogens with zero attached hydrogens (tertiary/aromatic N) is 2. The van der Waals surface area contributed by atoms with Crippen molar-refractivity contribution in [2.45, 2.75) is 57.0 Å². The van der Waals surface area contributed by atoms with Gasteiger partial charge in [-0.1, -0.05) is 25.1 Å². The lowest BCUT2D eigenvalue weighted by atomic mass is 9.77. The molecule has 0 unspecified atom stereocenters. The van der Waals surface area contributed by atoms with Gasteiger partial charge in [-0.05, 0) is 68.5 Å². The average molecular weight is 407 g/mol. The molecule has 0 bridgehead atoms. The van der Waals surface area contributed by atoms with Gasteiger partial charge in [-0.3, -0.25) is 0 Å². The van der Waals surface area contributed by atoms with Gasteiger partial charge in [-0.15, -0.1) is 0 Å². The Morgan fingerprint density at radius 3 is 2.64 bits per heavy atom. The van der Waals surface area contributed by atoms with Crippen LogP contribution in [0.15, 0.2) is 29.2 Å². The minimum atomic E-state index is -3.40. The largest absolute Gasteiger partial charge is 0.376 e. The molecule has 0 amide bonds. The fourth-order valence-electron chi connectivity index (χ4n) is 5.29. The van der Waals surface area contributed by atoms with Crippen LogP contribution >= 0.6 is 0 Å². The van der Waals surface area contributed by atoms with Crippen LogP contribution in [-0.2, 0) is 14.8 Å². The minimum absolute atomic E-state index is 0.170. The summed E-state index contributed by atoms with van der Waals surface area (Å²) in [6, 6.07) is 7.29. The maximum Gasteiger partial charge on any atom is 0.243 e. The summed E-state index contributed by atoms with van der Waals surface area (Å²) in [5.74, 6) is 0.791. The lowest BCUT2D eigenvalue weighted by Gasteiger charge is -2.38. The molecule has 3 heterocycles. The van der Waals surface area contributed by atoms with Crippen LogP contribution in [-0.4, -0.2) is 63.1 Å². The Labute approximate surface area is 170 Å². The Kier molecular flexibility index (Phi) is 5.85. The molecule has 0 saturated carbocycles. The Hall–Kier alpha value is -0.950. The quantitative estimate of drug-likeness (QED) is 0.770. The average Bonchev–Trinajstić information content (AvgIpc) is 3.04. The standard InChI is InChI=1S/C22H34N2O3S/c1-18-6-5-11-23(15-18)16-20-14-22(17-27-20)9-12-24(13-10-22)28(25,26)21-8-4-3-7-19(21)2/h3-4,7-8,18,20H,5-6,9-17H2,1-2H3/t18-,20+/m1/s1. The van der Waals surface area contributed by atoms with Crippen LogP contribution in [0.25, 0.3) is 0 Å². The first-order chi connectivity index (χ1) is 13.4. The summed E-state index contributed by atoms with van der Waals surface area (Å²) in [5.41, 5.74) is 0.993. The first-order valence-corrected chi connectivity index (χ1v) is 12.2. The molecule has 0 radical (unpaired) electrons. The molecule has 1 aromatic carbocycles. The summed E-state index contributed by atoms with van der Waals surface area (Å²) < 4.78 is 34.0. The van der Waals surface area contributed by atoms with E-state index in [-0.39, 0.29) is 5.41 Å². The summed E-state index contributed by atoms with van der Waals surface area (Å²) in [7, 11) is -3.40. The van der Waals surface area contributed by atoms with Crippen LogP contribution < -0.4 is 0 Å². The third-order valence-electron chi connectivity index (χ3n) is 6.98. The molecule has 0 N–H and O–H groups in total. The molecular weight excluding hydrogens is 372 g/mol. The van der Waals surface area contributed by atoms with E-state index in [1.165, 1.54) is 25.9 Å². The van der Waals surface area contributed by atoms with E-state index in [2.05, 4.69) is 11.8 Å². The summed E-state index contributed by atoms with van der Waals surface area (Å²) in [6.07, 6.45) is 5.85. The summed E-state index contributed by atoms with van der Waals surface area (Å²) in [4.78, 5) is 3.01. The van der Waals surface area contributed by atoms with E-state index < -0.39 is 10.0 Å². The lowest BCUT2D eigenvalue weighted by molar-refractivity contribution is 0.0482. The molecule has 4 rings (SSSR count). The predicted molar refractivity (Wildman–Crippen MR) is 111 cm³/mol. The Balaban J connectivity index is 1.34. The molecule has 0 aliphatic carbocycles. The number of aryl methyl sites for hydroxylation is 1. The molecule has 156 valence electrons. The van der Waals surface area contributed by atoms with Crippen molar-refractivity contribution in [2.24, 2.45) is 11.3 Å².